The van der Waals surface area contributed by atoms with Gasteiger partial charge in [-0.15, -0.1) is 0 Å². The first-order valence-electron chi connectivity index (χ1n) is 12.7. The molecule has 2 aliphatic heterocycles. The maximum Gasteiger partial charge on any atom is 0.337 e. The van der Waals surface area contributed by atoms with Crippen molar-refractivity contribution in [3.05, 3.63) is 108 Å². The highest BCUT2D eigenvalue weighted by Gasteiger charge is 2.56. The van der Waals surface area contributed by atoms with Gasteiger partial charge in [0.25, 0.3) is 0 Å². The summed E-state index contributed by atoms with van der Waals surface area (Å²) in [5.41, 5.74) is 3.12. The van der Waals surface area contributed by atoms with Crippen LogP contribution in [0.4, 0.5) is 0 Å². The number of carbonyl (C=O) groups excluding carboxylic acids is 1. The molecule has 0 amide bonds. The molecule has 2 fully saturated rings. The third kappa shape index (κ3) is 6.64. The third-order valence-corrected chi connectivity index (χ3v) is 7.46. The molecular formula is C30H32O7S. The molecule has 7 nitrogen and oxygen atoms in total. The average molecular weight is 537 g/mol. The van der Waals surface area contributed by atoms with Crippen molar-refractivity contribution in [3.63, 3.8) is 0 Å². The Hall–Kier alpha value is -2.72. The molecule has 0 spiro atoms. The van der Waals surface area contributed by atoms with Crippen LogP contribution in [0.1, 0.15) is 23.0 Å². The van der Waals surface area contributed by atoms with Crippen molar-refractivity contribution in [1.82, 2.24) is 0 Å². The van der Waals surface area contributed by atoms with E-state index in [4.69, 9.17) is 28.4 Å². The molecule has 5 rings (SSSR count). The topological polar surface area (TPSA) is 72.5 Å². The van der Waals surface area contributed by atoms with E-state index in [0.717, 1.165) is 22.6 Å². The summed E-state index contributed by atoms with van der Waals surface area (Å²) in [5.74, 6) is 1.10. The Morgan fingerprint density at radius 2 is 1.42 bits per heavy atom. The Bertz CT molecular complexity index is 1130. The first-order valence-corrected chi connectivity index (χ1v) is 13.9. The fraction of sp³-hybridized carbons (Fsp3) is 0.367. The van der Waals surface area contributed by atoms with Crippen molar-refractivity contribution in [2.24, 2.45) is 0 Å². The van der Waals surface area contributed by atoms with Gasteiger partial charge in [0.05, 0.1) is 20.3 Å². The lowest BCUT2D eigenvalue weighted by atomic mass is 9.98. The Kier molecular flexibility index (Phi) is 9.46. The number of thioether (sulfide) groups is 1. The van der Waals surface area contributed by atoms with Gasteiger partial charge in [-0.25, -0.2) is 4.79 Å². The van der Waals surface area contributed by atoms with Crippen LogP contribution in [-0.2, 0) is 45.6 Å². The van der Waals surface area contributed by atoms with Crippen LogP contribution in [0.25, 0.3) is 0 Å². The van der Waals surface area contributed by atoms with E-state index in [1.54, 1.807) is 11.8 Å². The lowest BCUT2D eigenvalue weighted by Gasteiger charge is -2.40. The molecule has 0 N–H and O–H groups in total. The number of methoxy groups -OCH3 is 1. The van der Waals surface area contributed by atoms with Gasteiger partial charge in [0.2, 0.25) is 0 Å². The second kappa shape index (κ2) is 13.4. The molecule has 200 valence electrons. The summed E-state index contributed by atoms with van der Waals surface area (Å²) < 4.78 is 36.3. The first-order chi connectivity index (χ1) is 18.7. The summed E-state index contributed by atoms with van der Waals surface area (Å²) in [7, 11) is 1.33. The highest BCUT2D eigenvalue weighted by molar-refractivity contribution is 7.98. The van der Waals surface area contributed by atoms with Crippen LogP contribution in [0, 0.1) is 0 Å². The predicted octanol–water partition coefficient (Wildman–Crippen LogP) is 4.90. The fourth-order valence-corrected chi connectivity index (χ4v) is 5.36. The summed E-state index contributed by atoms with van der Waals surface area (Å²) in [4.78, 5) is 12.7. The van der Waals surface area contributed by atoms with Crippen LogP contribution >= 0.6 is 11.8 Å². The molecule has 2 saturated heterocycles. The molecule has 0 radical (unpaired) electrons. The number of esters is 1. The molecule has 5 unspecified atom stereocenters. The zero-order valence-electron chi connectivity index (χ0n) is 21.2. The molecule has 2 heterocycles. The van der Waals surface area contributed by atoms with E-state index in [1.807, 2.05) is 78.9 Å². The van der Waals surface area contributed by atoms with Gasteiger partial charge < -0.3 is 28.4 Å². The minimum atomic E-state index is -1.00. The normalized spacial score (nSPS) is 26.6. The van der Waals surface area contributed by atoms with E-state index < -0.39 is 43.0 Å². The van der Waals surface area contributed by atoms with Crippen LogP contribution in [-0.4, -0.2) is 56.1 Å². The minimum Gasteiger partial charge on any atom is -0.467 e. The zero-order valence-corrected chi connectivity index (χ0v) is 22.0. The zero-order chi connectivity index (χ0) is 26.2. The number of rotatable bonds is 11. The maximum absolute atomic E-state index is 12.7. The number of benzene rings is 3. The molecule has 0 bridgehead atoms. The maximum atomic E-state index is 12.7. The van der Waals surface area contributed by atoms with Crippen molar-refractivity contribution in [1.29, 1.82) is 0 Å². The molecule has 0 aliphatic carbocycles. The highest BCUT2D eigenvalue weighted by atomic mass is 32.2. The van der Waals surface area contributed by atoms with Crippen LogP contribution in [0.15, 0.2) is 91.0 Å². The minimum absolute atomic E-state index is 0.336. The lowest BCUT2D eigenvalue weighted by Crippen LogP contribution is -2.60. The summed E-state index contributed by atoms with van der Waals surface area (Å²) in [6.07, 6.45) is -4.42. The van der Waals surface area contributed by atoms with E-state index in [9.17, 15) is 4.79 Å². The van der Waals surface area contributed by atoms with Gasteiger partial charge in [-0.2, -0.15) is 11.8 Å². The van der Waals surface area contributed by atoms with Crippen molar-refractivity contribution < 1.29 is 33.2 Å². The largest absolute Gasteiger partial charge is 0.467 e. The van der Waals surface area contributed by atoms with Gasteiger partial charge in [-0.05, 0) is 11.1 Å². The number of carbonyl (C=O) groups is 1. The molecular weight excluding hydrogens is 504 g/mol. The van der Waals surface area contributed by atoms with E-state index in [1.165, 1.54) is 12.7 Å². The van der Waals surface area contributed by atoms with Crippen molar-refractivity contribution in [2.45, 2.75) is 49.4 Å². The Balaban J connectivity index is 1.30. The molecule has 3 aromatic rings. The van der Waals surface area contributed by atoms with Crippen molar-refractivity contribution in [3.8, 4) is 0 Å². The van der Waals surface area contributed by atoms with Gasteiger partial charge in [-0.3, -0.25) is 0 Å². The molecule has 2 aliphatic rings. The standard InChI is InChI=1S/C30H32O7S/c1-32-28(31)26-24-25(36-29(35-24)23-15-9-4-10-16-23)27(34-19-21-11-5-2-6-12-21)30(37-26)33-17-18-38-20-22-13-7-3-8-14-22/h2-16,24-27,29-30H,17-20H2,1H3/t24?,25?,26?,27?,29-,30?/m0/s1. The first kappa shape index (κ1) is 26.9. The number of hydrogen-bond donors (Lipinski definition) is 0. The van der Waals surface area contributed by atoms with Gasteiger partial charge in [0.1, 0.15) is 18.3 Å². The summed E-state index contributed by atoms with van der Waals surface area (Å²) in [6.45, 7) is 0.755. The fourth-order valence-electron chi connectivity index (χ4n) is 4.57. The number of hydrogen-bond acceptors (Lipinski definition) is 8. The van der Waals surface area contributed by atoms with Crippen molar-refractivity contribution in [2.75, 3.05) is 19.5 Å². The van der Waals surface area contributed by atoms with E-state index >= 15 is 0 Å². The van der Waals surface area contributed by atoms with Gasteiger partial charge in [0, 0.05) is 17.1 Å². The van der Waals surface area contributed by atoms with Crippen LogP contribution < -0.4 is 0 Å². The van der Waals surface area contributed by atoms with Gasteiger partial charge in [0.15, 0.2) is 18.7 Å². The Morgan fingerprint density at radius 3 is 2.11 bits per heavy atom. The molecule has 0 aromatic heterocycles. The van der Waals surface area contributed by atoms with E-state index in [2.05, 4.69) is 12.1 Å². The molecule has 3 aromatic carbocycles. The van der Waals surface area contributed by atoms with Gasteiger partial charge >= 0.3 is 5.97 Å². The van der Waals surface area contributed by atoms with Crippen LogP contribution in [0.3, 0.4) is 0 Å². The molecule has 38 heavy (non-hydrogen) atoms. The Morgan fingerprint density at radius 1 is 0.789 bits per heavy atom. The molecule has 6 atom stereocenters. The highest BCUT2D eigenvalue weighted by Crippen LogP contribution is 2.41. The third-order valence-electron chi connectivity index (χ3n) is 6.47. The predicted molar refractivity (Wildman–Crippen MR) is 143 cm³/mol. The van der Waals surface area contributed by atoms with Crippen molar-refractivity contribution >= 4 is 17.7 Å². The quantitative estimate of drug-likeness (QED) is 0.253. The second-order valence-corrected chi connectivity index (χ2v) is 10.2. The van der Waals surface area contributed by atoms with Crippen LogP contribution in [0.2, 0.25) is 0 Å². The van der Waals surface area contributed by atoms with E-state index in [0.29, 0.717) is 13.2 Å². The second-order valence-electron chi connectivity index (χ2n) is 9.06. The summed E-state index contributed by atoms with van der Waals surface area (Å²) in [5, 5.41) is 0. The SMILES string of the molecule is COC(=O)C1OC(OCCSCc2ccccc2)C(OCc2ccccc2)C2O[C@@H](c3ccccc3)OC12. The number of fused-ring (bicyclic) bond motifs is 1. The van der Waals surface area contributed by atoms with Crippen LogP contribution in [0.5, 0.6) is 0 Å². The number of ether oxygens (including phenoxy) is 6. The molecule has 0 saturated carbocycles. The average Bonchev–Trinajstić information content (AvgIpc) is 3.42. The van der Waals surface area contributed by atoms with E-state index in [-0.39, 0.29) is 0 Å². The summed E-state index contributed by atoms with van der Waals surface area (Å²) >= 11 is 1.77. The Labute approximate surface area is 227 Å². The smallest absolute Gasteiger partial charge is 0.337 e. The van der Waals surface area contributed by atoms with Gasteiger partial charge in [-0.1, -0.05) is 91.0 Å². The molecule has 8 heteroatoms. The monoisotopic (exact) mass is 536 g/mol. The lowest BCUT2D eigenvalue weighted by molar-refractivity contribution is -0.286. The summed E-state index contributed by atoms with van der Waals surface area (Å²) in [6, 6.07) is 29.8.